The van der Waals surface area contributed by atoms with Gasteiger partial charge in [0, 0.05) is 19.1 Å². The van der Waals surface area contributed by atoms with Crippen LogP contribution in [0.1, 0.15) is 32.6 Å². The Balaban J connectivity index is 2.18. The molecule has 0 aliphatic heterocycles. The predicted molar refractivity (Wildman–Crippen MR) is 59.4 cm³/mol. The van der Waals surface area contributed by atoms with E-state index >= 15 is 0 Å². The minimum absolute atomic E-state index is 0.416. The first-order valence-corrected chi connectivity index (χ1v) is 5.62. The van der Waals surface area contributed by atoms with E-state index in [9.17, 15) is 5.11 Å². The highest BCUT2D eigenvalue weighted by molar-refractivity contribution is 4.87. The summed E-state index contributed by atoms with van der Waals surface area (Å²) in [7, 11) is 4.14. The summed E-state index contributed by atoms with van der Waals surface area (Å²) in [5.41, 5.74) is -0.416. The third-order valence-corrected chi connectivity index (χ3v) is 2.95. The summed E-state index contributed by atoms with van der Waals surface area (Å²) in [5.74, 6) is 0. The van der Waals surface area contributed by atoms with Gasteiger partial charge in [-0.05, 0) is 33.9 Å². The number of rotatable bonds is 5. The lowest BCUT2D eigenvalue weighted by Gasteiger charge is -2.26. The average molecular weight is 200 g/mol. The van der Waals surface area contributed by atoms with Crippen LogP contribution in [0.3, 0.4) is 0 Å². The largest absolute Gasteiger partial charge is 0.389 e. The van der Waals surface area contributed by atoms with Crippen LogP contribution < -0.4 is 5.32 Å². The normalized spacial score (nSPS) is 22.9. The van der Waals surface area contributed by atoms with Crippen molar-refractivity contribution >= 4 is 0 Å². The summed E-state index contributed by atoms with van der Waals surface area (Å²) >= 11 is 0. The topological polar surface area (TPSA) is 35.5 Å². The molecular formula is C11H24N2O. The van der Waals surface area contributed by atoms with Gasteiger partial charge in [0.1, 0.15) is 0 Å². The molecule has 1 saturated carbocycles. The maximum Gasteiger partial charge on any atom is 0.0771 e. The number of nitrogens with one attached hydrogen (secondary N) is 1. The third kappa shape index (κ3) is 3.95. The molecule has 0 aromatic rings. The van der Waals surface area contributed by atoms with E-state index in [1.807, 2.05) is 0 Å². The van der Waals surface area contributed by atoms with Crippen molar-refractivity contribution < 1.29 is 5.11 Å². The van der Waals surface area contributed by atoms with Crippen molar-refractivity contribution in [3.63, 3.8) is 0 Å². The van der Waals surface area contributed by atoms with Crippen LogP contribution in [-0.4, -0.2) is 48.8 Å². The molecule has 2 N–H and O–H groups in total. The van der Waals surface area contributed by atoms with E-state index in [1.54, 1.807) is 0 Å². The summed E-state index contributed by atoms with van der Waals surface area (Å²) in [6, 6.07) is 0.453. The van der Waals surface area contributed by atoms with Crippen molar-refractivity contribution in [2.75, 3.05) is 27.2 Å². The molecule has 1 rings (SSSR count). The molecule has 0 bridgehead atoms. The first kappa shape index (κ1) is 12.0. The Morgan fingerprint density at radius 2 is 1.93 bits per heavy atom. The summed E-state index contributed by atoms with van der Waals surface area (Å²) in [6.45, 7) is 3.94. The first-order chi connectivity index (χ1) is 6.52. The number of hydrogen-bond acceptors (Lipinski definition) is 3. The maximum atomic E-state index is 10.1. The monoisotopic (exact) mass is 200 g/mol. The molecule has 1 unspecified atom stereocenters. The third-order valence-electron chi connectivity index (χ3n) is 2.95. The Morgan fingerprint density at radius 3 is 2.43 bits per heavy atom. The van der Waals surface area contributed by atoms with Crippen molar-refractivity contribution in [1.82, 2.24) is 10.2 Å². The Morgan fingerprint density at radius 1 is 1.36 bits per heavy atom. The molecule has 0 spiro atoms. The first-order valence-electron chi connectivity index (χ1n) is 5.62. The SMILES string of the molecule is CC(CN(C)C)NCC1(O)CCCC1. The van der Waals surface area contributed by atoms with Gasteiger partial charge >= 0.3 is 0 Å². The van der Waals surface area contributed by atoms with E-state index < -0.39 is 5.60 Å². The Bertz CT molecular complexity index is 165. The van der Waals surface area contributed by atoms with E-state index in [1.165, 1.54) is 12.8 Å². The van der Waals surface area contributed by atoms with Gasteiger partial charge in [0.15, 0.2) is 0 Å². The molecule has 0 heterocycles. The molecule has 0 saturated heterocycles. The number of likely N-dealkylation sites (N-methyl/N-ethyl adjacent to an activating group) is 1. The lowest BCUT2D eigenvalue weighted by atomic mass is 10.0. The second kappa shape index (κ2) is 5.10. The van der Waals surface area contributed by atoms with Crippen LogP contribution in [0.4, 0.5) is 0 Å². The molecule has 0 radical (unpaired) electrons. The van der Waals surface area contributed by atoms with E-state index in [0.717, 1.165) is 25.9 Å². The van der Waals surface area contributed by atoms with Gasteiger partial charge in [-0.1, -0.05) is 12.8 Å². The molecule has 1 aliphatic rings. The Kier molecular flexibility index (Phi) is 4.35. The predicted octanol–water partition coefficient (Wildman–Crippen LogP) is 0.831. The van der Waals surface area contributed by atoms with E-state index in [0.29, 0.717) is 6.04 Å². The number of hydrogen-bond donors (Lipinski definition) is 2. The zero-order valence-electron chi connectivity index (χ0n) is 9.71. The summed E-state index contributed by atoms with van der Waals surface area (Å²) in [5, 5.41) is 13.5. The summed E-state index contributed by atoms with van der Waals surface area (Å²) in [6.07, 6.45) is 4.30. The van der Waals surface area contributed by atoms with Gasteiger partial charge in [0.2, 0.25) is 0 Å². The molecule has 84 valence electrons. The minimum Gasteiger partial charge on any atom is -0.389 e. The minimum atomic E-state index is -0.416. The molecule has 0 amide bonds. The molecule has 0 aromatic carbocycles. The van der Waals surface area contributed by atoms with Crippen LogP contribution in [0, 0.1) is 0 Å². The standard InChI is InChI=1S/C11H24N2O/c1-10(8-13(2)3)12-9-11(14)6-4-5-7-11/h10,12,14H,4-9H2,1-3H3. The number of aliphatic hydroxyl groups is 1. The van der Waals surface area contributed by atoms with Crippen LogP contribution in [0.2, 0.25) is 0 Å². The summed E-state index contributed by atoms with van der Waals surface area (Å²) < 4.78 is 0. The van der Waals surface area contributed by atoms with Crippen LogP contribution >= 0.6 is 0 Å². The lowest BCUT2D eigenvalue weighted by Crippen LogP contribution is -2.44. The second-order valence-electron chi connectivity index (χ2n) is 4.98. The zero-order valence-corrected chi connectivity index (χ0v) is 9.71. The Labute approximate surface area is 87.5 Å². The molecule has 1 aliphatic carbocycles. The van der Waals surface area contributed by atoms with Gasteiger partial charge in [-0.2, -0.15) is 0 Å². The van der Waals surface area contributed by atoms with Crippen molar-refractivity contribution in [2.45, 2.75) is 44.2 Å². The van der Waals surface area contributed by atoms with Crippen molar-refractivity contribution in [3.05, 3.63) is 0 Å². The molecule has 0 aromatic heterocycles. The molecule has 1 fully saturated rings. The van der Waals surface area contributed by atoms with Gasteiger partial charge in [-0.3, -0.25) is 0 Å². The number of nitrogens with zero attached hydrogens (tertiary/aromatic N) is 1. The highest BCUT2D eigenvalue weighted by atomic mass is 16.3. The average Bonchev–Trinajstić information content (AvgIpc) is 2.49. The zero-order chi connectivity index (χ0) is 10.6. The fourth-order valence-electron chi connectivity index (χ4n) is 2.19. The van der Waals surface area contributed by atoms with Crippen LogP contribution in [0.15, 0.2) is 0 Å². The van der Waals surface area contributed by atoms with E-state index in [-0.39, 0.29) is 0 Å². The summed E-state index contributed by atoms with van der Waals surface area (Å²) in [4.78, 5) is 2.16. The Hall–Kier alpha value is -0.120. The lowest BCUT2D eigenvalue weighted by molar-refractivity contribution is 0.0445. The molecule has 3 heteroatoms. The van der Waals surface area contributed by atoms with Crippen LogP contribution in [0.25, 0.3) is 0 Å². The van der Waals surface area contributed by atoms with Gasteiger partial charge < -0.3 is 15.3 Å². The van der Waals surface area contributed by atoms with Gasteiger partial charge in [0.05, 0.1) is 5.60 Å². The van der Waals surface area contributed by atoms with Crippen molar-refractivity contribution in [1.29, 1.82) is 0 Å². The smallest absolute Gasteiger partial charge is 0.0771 e. The quantitative estimate of drug-likeness (QED) is 0.690. The molecule has 1 atom stereocenters. The molecule has 14 heavy (non-hydrogen) atoms. The van der Waals surface area contributed by atoms with Crippen molar-refractivity contribution in [3.8, 4) is 0 Å². The molecule has 3 nitrogen and oxygen atoms in total. The van der Waals surface area contributed by atoms with Gasteiger partial charge in [-0.15, -0.1) is 0 Å². The van der Waals surface area contributed by atoms with E-state index in [4.69, 9.17) is 0 Å². The fraction of sp³-hybridized carbons (Fsp3) is 1.00. The van der Waals surface area contributed by atoms with Crippen LogP contribution in [-0.2, 0) is 0 Å². The highest BCUT2D eigenvalue weighted by Crippen LogP contribution is 2.28. The molecular weight excluding hydrogens is 176 g/mol. The van der Waals surface area contributed by atoms with Gasteiger partial charge in [-0.25, -0.2) is 0 Å². The maximum absolute atomic E-state index is 10.1. The van der Waals surface area contributed by atoms with E-state index in [2.05, 4.69) is 31.2 Å². The second-order valence-corrected chi connectivity index (χ2v) is 4.98. The fourth-order valence-corrected chi connectivity index (χ4v) is 2.19. The van der Waals surface area contributed by atoms with Gasteiger partial charge in [0.25, 0.3) is 0 Å². The van der Waals surface area contributed by atoms with Crippen LogP contribution in [0.5, 0.6) is 0 Å². The highest BCUT2D eigenvalue weighted by Gasteiger charge is 2.30. The van der Waals surface area contributed by atoms with Crippen molar-refractivity contribution in [2.24, 2.45) is 0 Å².